The molecule has 2 rings (SSSR count). The van der Waals surface area contributed by atoms with E-state index in [1.807, 2.05) is 0 Å². The van der Waals surface area contributed by atoms with E-state index < -0.39 is 0 Å². The Bertz CT molecular complexity index is 547. The van der Waals surface area contributed by atoms with Crippen molar-refractivity contribution in [3.8, 4) is 0 Å². The SMILES string of the molecule is CCOC(=O)c1ccc(C2NC(=S)NC(=S)N2N)cc1. The third-order valence-electron chi connectivity index (χ3n) is 2.74. The van der Waals surface area contributed by atoms with Gasteiger partial charge in [0.1, 0.15) is 6.17 Å². The summed E-state index contributed by atoms with van der Waals surface area (Å²) in [4.78, 5) is 11.6. The number of hydrazine groups is 1. The van der Waals surface area contributed by atoms with Gasteiger partial charge in [-0.15, -0.1) is 0 Å². The number of esters is 1. The van der Waals surface area contributed by atoms with E-state index in [0.29, 0.717) is 22.4 Å². The molecule has 1 unspecified atom stereocenters. The lowest BCUT2D eigenvalue weighted by Crippen LogP contribution is -2.61. The van der Waals surface area contributed by atoms with Gasteiger partial charge in [-0.3, -0.25) is 5.01 Å². The van der Waals surface area contributed by atoms with E-state index in [0.717, 1.165) is 5.56 Å². The average Bonchev–Trinajstić information content (AvgIpc) is 2.43. The summed E-state index contributed by atoms with van der Waals surface area (Å²) in [5, 5.41) is 7.88. The van der Waals surface area contributed by atoms with Gasteiger partial charge in [-0.05, 0) is 49.1 Å². The van der Waals surface area contributed by atoms with E-state index >= 15 is 0 Å². The lowest BCUT2D eigenvalue weighted by molar-refractivity contribution is 0.0526. The molecular formula is C12H14N4O2S2. The molecule has 1 aliphatic rings. The number of thiocarbonyl (C=S) groups is 2. The highest BCUT2D eigenvalue weighted by molar-refractivity contribution is 7.81. The monoisotopic (exact) mass is 310 g/mol. The van der Waals surface area contributed by atoms with E-state index in [9.17, 15) is 4.79 Å². The molecule has 1 aromatic carbocycles. The van der Waals surface area contributed by atoms with Crippen LogP contribution in [0.15, 0.2) is 24.3 Å². The molecule has 1 atom stereocenters. The Morgan fingerprint density at radius 3 is 2.65 bits per heavy atom. The summed E-state index contributed by atoms with van der Waals surface area (Å²) in [5.41, 5.74) is 1.32. The Balaban J connectivity index is 2.19. The van der Waals surface area contributed by atoms with Crippen molar-refractivity contribution in [1.82, 2.24) is 15.6 Å². The Morgan fingerprint density at radius 1 is 1.40 bits per heavy atom. The molecule has 0 spiro atoms. The second-order valence-electron chi connectivity index (χ2n) is 4.06. The first-order chi connectivity index (χ1) is 9.52. The van der Waals surface area contributed by atoms with Crippen LogP contribution in [0.3, 0.4) is 0 Å². The highest BCUT2D eigenvalue weighted by atomic mass is 32.1. The van der Waals surface area contributed by atoms with E-state index in [-0.39, 0.29) is 12.1 Å². The molecular weight excluding hydrogens is 296 g/mol. The van der Waals surface area contributed by atoms with E-state index in [1.165, 1.54) is 5.01 Å². The summed E-state index contributed by atoms with van der Waals surface area (Å²) >= 11 is 10.1. The molecule has 0 aliphatic carbocycles. The van der Waals surface area contributed by atoms with Crippen molar-refractivity contribution >= 4 is 40.6 Å². The molecule has 8 heteroatoms. The number of hydrogen-bond acceptors (Lipinski definition) is 5. The van der Waals surface area contributed by atoms with Crippen LogP contribution >= 0.6 is 24.4 Å². The molecule has 1 aromatic rings. The van der Waals surface area contributed by atoms with E-state index in [1.54, 1.807) is 31.2 Å². The van der Waals surface area contributed by atoms with Crippen LogP contribution in [0.4, 0.5) is 0 Å². The minimum atomic E-state index is -0.368. The van der Waals surface area contributed by atoms with Gasteiger partial charge in [0.2, 0.25) is 0 Å². The molecule has 20 heavy (non-hydrogen) atoms. The summed E-state index contributed by atoms with van der Waals surface area (Å²) in [6.07, 6.45) is -0.368. The molecule has 0 amide bonds. The third kappa shape index (κ3) is 3.03. The standard InChI is InChI=1S/C12H14N4O2S2/c1-2-18-10(17)8-5-3-7(4-6-8)9-14-11(19)15-12(20)16(9)13/h3-6,9H,2,13H2,1H3,(H2,14,15,19,20). The molecule has 1 saturated heterocycles. The van der Waals surface area contributed by atoms with Crippen molar-refractivity contribution < 1.29 is 9.53 Å². The van der Waals surface area contributed by atoms with Gasteiger partial charge in [-0.2, -0.15) is 0 Å². The normalized spacial score (nSPS) is 18.3. The van der Waals surface area contributed by atoms with Crippen LogP contribution in [-0.2, 0) is 4.74 Å². The number of carbonyl (C=O) groups is 1. The second kappa shape index (κ2) is 6.12. The number of ether oxygens (including phenoxy) is 1. The van der Waals surface area contributed by atoms with E-state index in [2.05, 4.69) is 10.6 Å². The van der Waals surface area contributed by atoms with Crippen LogP contribution in [0.2, 0.25) is 0 Å². The first-order valence-corrected chi connectivity index (χ1v) is 6.77. The van der Waals surface area contributed by atoms with Crippen molar-refractivity contribution in [3.63, 3.8) is 0 Å². The number of nitrogens with one attached hydrogen (secondary N) is 2. The maximum Gasteiger partial charge on any atom is 0.338 e. The van der Waals surface area contributed by atoms with Crippen molar-refractivity contribution in [2.45, 2.75) is 13.1 Å². The summed E-state index contributed by atoms with van der Waals surface area (Å²) in [5.74, 6) is 5.52. The van der Waals surface area contributed by atoms with Gasteiger partial charge in [0, 0.05) is 0 Å². The molecule has 1 fully saturated rings. The minimum Gasteiger partial charge on any atom is -0.462 e. The minimum absolute atomic E-state index is 0.341. The molecule has 1 aliphatic heterocycles. The number of rotatable bonds is 3. The van der Waals surface area contributed by atoms with Crippen LogP contribution in [0.25, 0.3) is 0 Å². The van der Waals surface area contributed by atoms with Crippen LogP contribution in [0.1, 0.15) is 29.0 Å². The predicted octanol–water partition coefficient (Wildman–Crippen LogP) is 0.800. The topological polar surface area (TPSA) is 79.6 Å². The van der Waals surface area contributed by atoms with Gasteiger partial charge < -0.3 is 15.4 Å². The van der Waals surface area contributed by atoms with Crippen LogP contribution < -0.4 is 16.5 Å². The Labute approximate surface area is 127 Å². The molecule has 1 heterocycles. The zero-order valence-electron chi connectivity index (χ0n) is 10.8. The van der Waals surface area contributed by atoms with Crippen LogP contribution in [0, 0.1) is 0 Å². The Morgan fingerprint density at radius 2 is 2.05 bits per heavy atom. The van der Waals surface area contributed by atoms with Crippen molar-refractivity contribution in [3.05, 3.63) is 35.4 Å². The van der Waals surface area contributed by atoms with Gasteiger partial charge in [0.05, 0.1) is 12.2 Å². The number of carbonyl (C=O) groups excluding carboxylic acids is 1. The lowest BCUT2D eigenvalue weighted by Gasteiger charge is -2.36. The second-order valence-corrected chi connectivity index (χ2v) is 4.85. The number of benzene rings is 1. The van der Waals surface area contributed by atoms with Crippen molar-refractivity contribution in [2.75, 3.05) is 6.61 Å². The van der Waals surface area contributed by atoms with Crippen molar-refractivity contribution in [1.29, 1.82) is 0 Å². The maximum absolute atomic E-state index is 11.6. The van der Waals surface area contributed by atoms with Gasteiger partial charge in [0.15, 0.2) is 10.2 Å². The summed E-state index contributed by atoms with van der Waals surface area (Å²) in [6.45, 7) is 2.11. The first-order valence-electron chi connectivity index (χ1n) is 5.95. The summed E-state index contributed by atoms with van der Waals surface area (Å²) < 4.78 is 4.93. The molecule has 0 radical (unpaired) electrons. The van der Waals surface area contributed by atoms with Gasteiger partial charge in [-0.1, -0.05) is 12.1 Å². The van der Waals surface area contributed by atoms with Gasteiger partial charge >= 0.3 is 5.97 Å². The molecule has 6 nitrogen and oxygen atoms in total. The average molecular weight is 310 g/mol. The highest BCUT2D eigenvalue weighted by Gasteiger charge is 2.26. The first kappa shape index (κ1) is 14.6. The number of nitrogens with zero attached hydrogens (tertiary/aromatic N) is 1. The summed E-state index contributed by atoms with van der Waals surface area (Å²) in [6, 6.07) is 6.91. The molecule has 106 valence electrons. The zero-order chi connectivity index (χ0) is 14.7. The quantitative estimate of drug-likeness (QED) is 0.430. The van der Waals surface area contributed by atoms with Crippen molar-refractivity contribution in [2.24, 2.45) is 5.84 Å². The number of hydrogen-bond donors (Lipinski definition) is 3. The summed E-state index contributed by atoms with van der Waals surface area (Å²) in [7, 11) is 0. The third-order valence-corrected chi connectivity index (χ3v) is 3.27. The van der Waals surface area contributed by atoms with Gasteiger partial charge in [0.25, 0.3) is 0 Å². The fraction of sp³-hybridized carbons (Fsp3) is 0.250. The smallest absolute Gasteiger partial charge is 0.338 e. The Hall–Kier alpha value is -1.77. The lowest BCUT2D eigenvalue weighted by atomic mass is 10.1. The molecule has 0 bridgehead atoms. The van der Waals surface area contributed by atoms with E-state index in [4.69, 9.17) is 35.0 Å². The Kier molecular flexibility index (Phi) is 4.48. The number of nitrogens with two attached hydrogens (primary N) is 1. The van der Waals surface area contributed by atoms with Crippen LogP contribution in [0.5, 0.6) is 0 Å². The molecule has 0 aromatic heterocycles. The molecule has 0 saturated carbocycles. The zero-order valence-corrected chi connectivity index (χ0v) is 12.4. The fourth-order valence-electron chi connectivity index (χ4n) is 1.77. The maximum atomic E-state index is 11.6. The van der Waals surface area contributed by atoms with Gasteiger partial charge in [-0.25, -0.2) is 10.6 Å². The molecule has 4 N–H and O–H groups in total. The predicted molar refractivity (Wildman–Crippen MR) is 82.6 cm³/mol. The largest absolute Gasteiger partial charge is 0.462 e. The van der Waals surface area contributed by atoms with Crippen LogP contribution in [-0.4, -0.2) is 27.8 Å². The fourth-order valence-corrected chi connectivity index (χ4v) is 2.25. The highest BCUT2D eigenvalue weighted by Crippen LogP contribution is 2.18.